The van der Waals surface area contributed by atoms with E-state index < -0.39 is 12.0 Å². The highest BCUT2D eigenvalue weighted by Gasteiger charge is 2.25. The van der Waals surface area contributed by atoms with Crippen molar-refractivity contribution in [3.8, 4) is 0 Å². The first-order valence-corrected chi connectivity index (χ1v) is 7.71. The van der Waals surface area contributed by atoms with Crippen LogP contribution in [-0.2, 0) is 14.3 Å². The Bertz CT molecular complexity index is 514. The zero-order valence-corrected chi connectivity index (χ0v) is 13.1. The molecule has 1 aliphatic heterocycles. The molecule has 0 saturated carbocycles. The number of ether oxygens (including phenoxy) is 1. The van der Waals surface area contributed by atoms with E-state index >= 15 is 0 Å². The summed E-state index contributed by atoms with van der Waals surface area (Å²) in [6, 6.07) is 6.83. The highest BCUT2D eigenvalue weighted by Crippen LogP contribution is 2.23. The lowest BCUT2D eigenvalue weighted by atomic mass is 9.97. The summed E-state index contributed by atoms with van der Waals surface area (Å²) in [6.07, 6.45) is 1.24. The minimum absolute atomic E-state index is 0.0930. The molecule has 0 aliphatic carbocycles. The van der Waals surface area contributed by atoms with Gasteiger partial charge in [-0.1, -0.05) is 28.1 Å². The smallest absolute Gasteiger partial charge is 0.305 e. The molecule has 5 nitrogen and oxygen atoms in total. The molecule has 2 N–H and O–H groups in total. The Balaban J connectivity index is 2.08. The topological polar surface area (TPSA) is 75.6 Å². The Morgan fingerprint density at radius 1 is 1.38 bits per heavy atom. The van der Waals surface area contributed by atoms with Crippen LogP contribution in [0.15, 0.2) is 28.7 Å². The van der Waals surface area contributed by atoms with Gasteiger partial charge < -0.3 is 15.2 Å². The summed E-state index contributed by atoms with van der Waals surface area (Å²) < 4.78 is 6.10. The highest BCUT2D eigenvalue weighted by atomic mass is 79.9. The van der Waals surface area contributed by atoms with Gasteiger partial charge in [0.15, 0.2) is 0 Å². The van der Waals surface area contributed by atoms with Crippen LogP contribution in [0.25, 0.3) is 0 Å². The number of carboxylic acid groups (broad SMARTS) is 1. The maximum atomic E-state index is 12.3. The molecule has 1 fully saturated rings. The number of halogens is 1. The van der Waals surface area contributed by atoms with Crippen LogP contribution in [0.5, 0.6) is 0 Å². The van der Waals surface area contributed by atoms with Crippen molar-refractivity contribution in [1.82, 2.24) is 5.32 Å². The molecule has 6 heteroatoms. The molecule has 1 saturated heterocycles. The van der Waals surface area contributed by atoms with E-state index in [-0.39, 0.29) is 18.2 Å². The molecule has 1 amide bonds. The van der Waals surface area contributed by atoms with Crippen molar-refractivity contribution in [2.75, 3.05) is 13.2 Å². The third-order valence-electron chi connectivity index (χ3n) is 3.54. The van der Waals surface area contributed by atoms with E-state index in [0.717, 1.165) is 10.0 Å². The van der Waals surface area contributed by atoms with E-state index in [1.165, 1.54) is 0 Å². The van der Waals surface area contributed by atoms with E-state index in [9.17, 15) is 9.59 Å². The SMILES string of the molecule is O=C(O)C[C@H](NC(=O)C1CCOCC1)c1cccc(Br)c1. The van der Waals surface area contributed by atoms with Gasteiger partial charge in [0, 0.05) is 23.6 Å². The van der Waals surface area contributed by atoms with Crippen molar-refractivity contribution in [2.24, 2.45) is 5.92 Å². The summed E-state index contributed by atoms with van der Waals surface area (Å²) in [4.78, 5) is 23.3. The number of aliphatic carboxylic acids is 1. The summed E-state index contributed by atoms with van der Waals surface area (Å²) in [5, 5.41) is 11.9. The average molecular weight is 356 g/mol. The molecule has 1 atom stereocenters. The summed E-state index contributed by atoms with van der Waals surface area (Å²) in [5.41, 5.74) is 0.784. The molecule has 1 aromatic rings. The maximum absolute atomic E-state index is 12.3. The molecule has 0 spiro atoms. The lowest BCUT2D eigenvalue weighted by Gasteiger charge is -2.24. The predicted molar refractivity (Wildman–Crippen MR) is 80.8 cm³/mol. The third-order valence-corrected chi connectivity index (χ3v) is 4.03. The zero-order valence-electron chi connectivity index (χ0n) is 11.5. The Labute approximate surface area is 131 Å². The van der Waals surface area contributed by atoms with Crippen LogP contribution in [0.3, 0.4) is 0 Å². The Morgan fingerprint density at radius 2 is 2.10 bits per heavy atom. The number of hydrogen-bond acceptors (Lipinski definition) is 3. The molecule has 1 heterocycles. The number of amides is 1. The number of hydrogen-bond donors (Lipinski definition) is 2. The predicted octanol–water partition coefficient (Wildman–Crippen LogP) is 2.51. The molecule has 114 valence electrons. The van der Waals surface area contributed by atoms with Crippen LogP contribution in [0.1, 0.15) is 30.9 Å². The van der Waals surface area contributed by atoms with Gasteiger partial charge in [0.05, 0.1) is 12.5 Å². The molecule has 0 bridgehead atoms. The number of benzene rings is 1. The summed E-state index contributed by atoms with van der Waals surface area (Å²) in [5.74, 6) is -1.13. The van der Waals surface area contributed by atoms with Gasteiger partial charge in [-0.05, 0) is 30.5 Å². The molecule has 21 heavy (non-hydrogen) atoms. The molecule has 2 rings (SSSR count). The number of carboxylic acids is 1. The molecule has 0 unspecified atom stereocenters. The van der Waals surface area contributed by atoms with Gasteiger partial charge in [-0.25, -0.2) is 0 Å². The van der Waals surface area contributed by atoms with Gasteiger partial charge in [0.25, 0.3) is 0 Å². The van der Waals surface area contributed by atoms with Crippen molar-refractivity contribution >= 4 is 27.8 Å². The van der Waals surface area contributed by atoms with Crippen molar-refractivity contribution in [3.63, 3.8) is 0 Å². The number of carbonyl (C=O) groups excluding carboxylic acids is 1. The van der Waals surface area contributed by atoms with Crippen LogP contribution >= 0.6 is 15.9 Å². The van der Waals surface area contributed by atoms with Crippen molar-refractivity contribution < 1.29 is 19.4 Å². The Morgan fingerprint density at radius 3 is 2.71 bits per heavy atom. The van der Waals surface area contributed by atoms with Crippen LogP contribution in [0.4, 0.5) is 0 Å². The van der Waals surface area contributed by atoms with E-state index in [2.05, 4.69) is 21.2 Å². The van der Waals surface area contributed by atoms with Gasteiger partial charge in [-0.2, -0.15) is 0 Å². The zero-order chi connectivity index (χ0) is 15.2. The fourth-order valence-electron chi connectivity index (χ4n) is 2.40. The molecule has 0 aromatic heterocycles. The van der Waals surface area contributed by atoms with Gasteiger partial charge in [-0.3, -0.25) is 9.59 Å². The number of nitrogens with one attached hydrogen (secondary N) is 1. The van der Waals surface area contributed by atoms with E-state index in [4.69, 9.17) is 9.84 Å². The van der Waals surface area contributed by atoms with Gasteiger partial charge in [0.1, 0.15) is 0 Å². The molecule has 1 aromatic carbocycles. The number of carbonyl (C=O) groups is 2. The average Bonchev–Trinajstić information content (AvgIpc) is 2.47. The third kappa shape index (κ3) is 4.82. The van der Waals surface area contributed by atoms with Crippen LogP contribution in [0, 0.1) is 5.92 Å². The van der Waals surface area contributed by atoms with Crippen LogP contribution < -0.4 is 5.32 Å². The minimum Gasteiger partial charge on any atom is -0.481 e. The van der Waals surface area contributed by atoms with Crippen molar-refractivity contribution in [3.05, 3.63) is 34.3 Å². The first-order chi connectivity index (χ1) is 10.1. The summed E-state index contributed by atoms with van der Waals surface area (Å²) in [7, 11) is 0. The normalized spacial score (nSPS) is 17.2. The standard InChI is InChI=1S/C15H18BrNO4/c16-12-3-1-2-11(8-12)13(9-14(18)19)17-15(20)10-4-6-21-7-5-10/h1-3,8,10,13H,4-7,9H2,(H,17,20)(H,18,19)/t13-/m0/s1. The second kappa shape index (κ2) is 7.56. The van der Waals surface area contributed by atoms with E-state index in [1.807, 2.05) is 24.3 Å². The quantitative estimate of drug-likeness (QED) is 0.850. The van der Waals surface area contributed by atoms with Crippen LogP contribution in [0.2, 0.25) is 0 Å². The fraction of sp³-hybridized carbons (Fsp3) is 0.467. The Kier molecular flexibility index (Phi) is 5.76. The van der Waals surface area contributed by atoms with Gasteiger partial charge in [-0.15, -0.1) is 0 Å². The lowest BCUT2D eigenvalue weighted by molar-refractivity contribution is -0.138. The maximum Gasteiger partial charge on any atom is 0.305 e. The molecule has 0 radical (unpaired) electrons. The fourth-order valence-corrected chi connectivity index (χ4v) is 2.82. The highest BCUT2D eigenvalue weighted by molar-refractivity contribution is 9.10. The lowest BCUT2D eigenvalue weighted by Crippen LogP contribution is -2.37. The first-order valence-electron chi connectivity index (χ1n) is 6.91. The van der Waals surface area contributed by atoms with Gasteiger partial charge in [0.2, 0.25) is 5.91 Å². The van der Waals surface area contributed by atoms with Crippen molar-refractivity contribution in [1.29, 1.82) is 0 Å². The second-order valence-electron chi connectivity index (χ2n) is 5.10. The van der Waals surface area contributed by atoms with Gasteiger partial charge >= 0.3 is 5.97 Å². The van der Waals surface area contributed by atoms with Crippen molar-refractivity contribution in [2.45, 2.75) is 25.3 Å². The van der Waals surface area contributed by atoms with E-state index in [1.54, 1.807) is 0 Å². The molecular formula is C15H18BrNO4. The second-order valence-corrected chi connectivity index (χ2v) is 6.02. The number of rotatable bonds is 5. The first kappa shape index (κ1) is 16.0. The largest absolute Gasteiger partial charge is 0.481 e. The van der Waals surface area contributed by atoms with Crippen LogP contribution in [-0.4, -0.2) is 30.2 Å². The monoisotopic (exact) mass is 355 g/mol. The minimum atomic E-state index is -0.938. The summed E-state index contributed by atoms with van der Waals surface area (Å²) in [6.45, 7) is 1.16. The summed E-state index contributed by atoms with van der Waals surface area (Å²) >= 11 is 3.36. The van der Waals surface area contributed by atoms with E-state index in [0.29, 0.717) is 26.1 Å². The Hall–Kier alpha value is -1.40. The molecule has 1 aliphatic rings. The molecular weight excluding hydrogens is 338 g/mol.